The first-order valence-corrected chi connectivity index (χ1v) is 8.73. The second-order valence-corrected chi connectivity index (χ2v) is 6.19. The number of carboxylic acids is 1. The number of hydrogen-bond acceptors (Lipinski definition) is 5. The normalized spacial score (nSPS) is 16.4. The fourth-order valence-corrected chi connectivity index (χ4v) is 2.73. The monoisotopic (exact) mass is 349 g/mol. The molecular weight excluding hydrogens is 322 g/mol. The van der Waals surface area contributed by atoms with Crippen LogP contribution in [-0.2, 0) is 20.9 Å². The smallest absolute Gasteiger partial charge is 0.320 e. The number of ether oxygens (including phenoxy) is 1. The lowest BCUT2D eigenvalue weighted by Gasteiger charge is -2.26. The first-order chi connectivity index (χ1) is 12.1. The van der Waals surface area contributed by atoms with Gasteiger partial charge >= 0.3 is 5.97 Å². The van der Waals surface area contributed by atoms with Gasteiger partial charge in [0.2, 0.25) is 5.91 Å². The molecule has 1 aliphatic rings. The van der Waals surface area contributed by atoms with E-state index in [4.69, 9.17) is 9.84 Å². The molecule has 1 unspecified atom stereocenters. The van der Waals surface area contributed by atoms with Crippen molar-refractivity contribution in [3.63, 3.8) is 0 Å². The molecule has 0 saturated carbocycles. The molecule has 0 aromatic heterocycles. The molecule has 1 fully saturated rings. The van der Waals surface area contributed by atoms with Crippen LogP contribution in [-0.4, -0.2) is 60.8 Å². The van der Waals surface area contributed by atoms with Crippen molar-refractivity contribution in [3.05, 3.63) is 29.8 Å². The SMILES string of the molecule is CCCC(NCC(=O)Nc1ccc(CN2CCOCC2)cc1)C(=O)O. The van der Waals surface area contributed by atoms with Crippen molar-refractivity contribution >= 4 is 17.6 Å². The molecule has 7 nitrogen and oxygen atoms in total. The van der Waals surface area contributed by atoms with E-state index in [2.05, 4.69) is 15.5 Å². The second kappa shape index (κ2) is 10.1. The van der Waals surface area contributed by atoms with Crippen molar-refractivity contribution in [2.75, 3.05) is 38.2 Å². The number of carbonyl (C=O) groups is 2. The fraction of sp³-hybridized carbons (Fsp3) is 0.556. The van der Waals surface area contributed by atoms with Gasteiger partial charge in [-0.05, 0) is 24.1 Å². The minimum absolute atomic E-state index is 0.0213. The Hall–Kier alpha value is -1.96. The Kier molecular flexibility index (Phi) is 7.84. The van der Waals surface area contributed by atoms with Crippen LogP contribution in [0.4, 0.5) is 5.69 Å². The molecule has 2 rings (SSSR count). The second-order valence-electron chi connectivity index (χ2n) is 6.19. The van der Waals surface area contributed by atoms with Gasteiger partial charge in [0.15, 0.2) is 0 Å². The average molecular weight is 349 g/mol. The molecule has 0 aliphatic carbocycles. The molecule has 1 amide bonds. The summed E-state index contributed by atoms with van der Waals surface area (Å²) in [4.78, 5) is 25.3. The maximum Gasteiger partial charge on any atom is 0.320 e. The number of nitrogens with one attached hydrogen (secondary N) is 2. The summed E-state index contributed by atoms with van der Waals surface area (Å²) < 4.78 is 5.34. The van der Waals surface area contributed by atoms with Gasteiger partial charge < -0.3 is 15.2 Å². The fourth-order valence-electron chi connectivity index (χ4n) is 2.73. The van der Waals surface area contributed by atoms with E-state index in [0.29, 0.717) is 12.1 Å². The number of amides is 1. The number of benzene rings is 1. The van der Waals surface area contributed by atoms with Gasteiger partial charge in [-0.1, -0.05) is 25.5 Å². The molecule has 1 aromatic rings. The van der Waals surface area contributed by atoms with Crippen LogP contribution >= 0.6 is 0 Å². The Bertz CT molecular complexity index is 556. The minimum atomic E-state index is -0.929. The van der Waals surface area contributed by atoms with E-state index in [1.54, 1.807) is 0 Å². The van der Waals surface area contributed by atoms with Crippen molar-refractivity contribution in [2.24, 2.45) is 0 Å². The van der Waals surface area contributed by atoms with Crippen LogP contribution in [0.5, 0.6) is 0 Å². The van der Waals surface area contributed by atoms with Crippen molar-refractivity contribution < 1.29 is 19.4 Å². The van der Waals surface area contributed by atoms with E-state index in [0.717, 1.165) is 39.3 Å². The number of morpholine rings is 1. The Balaban J connectivity index is 1.77. The van der Waals surface area contributed by atoms with Crippen molar-refractivity contribution in [1.29, 1.82) is 0 Å². The number of carbonyl (C=O) groups excluding carboxylic acids is 1. The molecule has 0 bridgehead atoms. The standard InChI is InChI=1S/C18H27N3O4/c1-2-3-16(18(23)24)19-12-17(22)20-15-6-4-14(5-7-15)13-21-8-10-25-11-9-21/h4-7,16,19H,2-3,8-13H2,1H3,(H,20,22)(H,23,24). The molecule has 1 saturated heterocycles. The third kappa shape index (κ3) is 6.81. The number of anilines is 1. The van der Waals surface area contributed by atoms with Crippen LogP contribution in [0.25, 0.3) is 0 Å². The molecule has 3 N–H and O–H groups in total. The van der Waals surface area contributed by atoms with Crippen LogP contribution in [0, 0.1) is 0 Å². The summed E-state index contributed by atoms with van der Waals surface area (Å²) in [6, 6.07) is 7.04. The van der Waals surface area contributed by atoms with Gasteiger partial charge in [0, 0.05) is 25.3 Å². The predicted octanol–water partition coefficient (Wildman–Crippen LogP) is 1.30. The third-order valence-corrected chi connectivity index (χ3v) is 4.13. The van der Waals surface area contributed by atoms with Crippen LogP contribution in [0.2, 0.25) is 0 Å². The van der Waals surface area contributed by atoms with Crippen molar-refractivity contribution in [1.82, 2.24) is 10.2 Å². The molecular formula is C18H27N3O4. The van der Waals surface area contributed by atoms with Crippen LogP contribution in [0.15, 0.2) is 24.3 Å². The number of nitrogens with zero attached hydrogens (tertiary/aromatic N) is 1. The summed E-state index contributed by atoms with van der Waals surface area (Å²) in [6.45, 7) is 6.19. The summed E-state index contributed by atoms with van der Waals surface area (Å²) in [7, 11) is 0. The van der Waals surface area contributed by atoms with Crippen molar-refractivity contribution in [3.8, 4) is 0 Å². The maximum absolute atomic E-state index is 12.0. The van der Waals surface area contributed by atoms with Crippen molar-refractivity contribution in [2.45, 2.75) is 32.4 Å². The third-order valence-electron chi connectivity index (χ3n) is 4.13. The van der Waals surface area contributed by atoms with Gasteiger partial charge in [-0.3, -0.25) is 19.8 Å². The summed E-state index contributed by atoms with van der Waals surface area (Å²) in [5, 5.41) is 14.6. The number of hydrogen-bond donors (Lipinski definition) is 3. The maximum atomic E-state index is 12.0. The molecule has 1 aliphatic heterocycles. The zero-order chi connectivity index (χ0) is 18.1. The topological polar surface area (TPSA) is 90.9 Å². The highest BCUT2D eigenvalue weighted by Gasteiger charge is 2.16. The molecule has 138 valence electrons. The Morgan fingerprint density at radius 1 is 1.24 bits per heavy atom. The first-order valence-electron chi connectivity index (χ1n) is 8.73. The van der Waals surface area contributed by atoms with Gasteiger partial charge in [-0.2, -0.15) is 0 Å². The number of carboxylic acid groups (broad SMARTS) is 1. The lowest BCUT2D eigenvalue weighted by molar-refractivity contribution is -0.139. The van der Waals surface area contributed by atoms with Gasteiger partial charge in [0.1, 0.15) is 6.04 Å². The molecule has 1 aromatic carbocycles. The van der Waals surface area contributed by atoms with E-state index < -0.39 is 12.0 Å². The van der Waals surface area contributed by atoms with Crippen LogP contribution < -0.4 is 10.6 Å². The highest BCUT2D eigenvalue weighted by molar-refractivity contribution is 5.92. The quantitative estimate of drug-likeness (QED) is 0.622. The van der Waals surface area contributed by atoms with E-state index in [1.165, 1.54) is 5.56 Å². The highest BCUT2D eigenvalue weighted by atomic mass is 16.5. The molecule has 0 spiro atoms. The van der Waals surface area contributed by atoms with Crippen LogP contribution in [0.1, 0.15) is 25.3 Å². The summed E-state index contributed by atoms with van der Waals surface area (Å²) in [5.41, 5.74) is 1.90. The molecule has 1 atom stereocenters. The van der Waals surface area contributed by atoms with E-state index in [-0.39, 0.29) is 12.5 Å². The zero-order valence-electron chi connectivity index (χ0n) is 14.7. The van der Waals surface area contributed by atoms with E-state index in [1.807, 2.05) is 31.2 Å². The summed E-state index contributed by atoms with van der Waals surface area (Å²) in [5.74, 6) is -1.18. The Morgan fingerprint density at radius 3 is 2.52 bits per heavy atom. The average Bonchev–Trinajstić information content (AvgIpc) is 2.61. The molecule has 7 heteroatoms. The minimum Gasteiger partial charge on any atom is -0.480 e. The van der Waals surface area contributed by atoms with Gasteiger partial charge in [-0.15, -0.1) is 0 Å². The van der Waals surface area contributed by atoms with Gasteiger partial charge in [0.25, 0.3) is 0 Å². The highest BCUT2D eigenvalue weighted by Crippen LogP contribution is 2.12. The molecule has 0 radical (unpaired) electrons. The van der Waals surface area contributed by atoms with E-state index in [9.17, 15) is 9.59 Å². The Morgan fingerprint density at radius 2 is 1.92 bits per heavy atom. The largest absolute Gasteiger partial charge is 0.480 e. The van der Waals surface area contributed by atoms with E-state index >= 15 is 0 Å². The molecule has 25 heavy (non-hydrogen) atoms. The Labute approximate surface area is 148 Å². The zero-order valence-corrected chi connectivity index (χ0v) is 14.7. The number of aliphatic carboxylic acids is 1. The van der Waals surface area contributed by atoms with Crippen LogP contribution in [0.3, 0.4) is 0 Å². The lowest BCUT2D eigenvalue weighted by atomic mass is 10.1. The number of rotatable bonds is 9. The summed E-state index contributed by atoms with van der Waals surface area (Å²) >= 11 is 0. The predicted molar refractivity (Wildman–Crippen MR) is 95.5 cm³/mol. The molecule has 1 heterocycles. The summed E-state index contributed by atoms with van der Waals surface area (Å²) in [6.07, 6.45) is 1.25. The lowest BCUT2D eigenvalue weighted by Crippen LogP contribution is -2.41. The first kappa shape index (κ1) is 19.4. The van der Waals surface area contributed by atoms with Gasteiger partial charge in [-0.25, -0.2) is 0 Å². The van der Waals surface area contributed by atoms with Gasteiger partial charge in [0.05, 0.1) is 19.8 Å².